The third kappa shape index (κ3) is 3.34. The van der Waals surface area contributed by atoms with Crippen LogP contribution in [-0.4, -0.2) is 26.9 Å². The van der Waals surface area contributed by atoms with E-state index in [0.29, 0.717) is 18.7 Å². The topological polar surface area (TPSA) is 57.7 Å². The molecule has 1 atom stereocenters. The lowest BCUT2D eigenvalue weighted by molar-refractivity contribution is -0.116. The molecule has 1 aliphatic heterocycles. The van der Waals surface area contributed by atoms with Gasteiger partial charge in [0.15, 0.2) is 0 Å². The fourth-order valence-corrected chi connectivity index (χ4v) is 5.26. The molecule has 1 heterocycles. The molecule has 144 valence electrons. The number of benzene rings is 2. The van der Waals surface area contributed by atoms with Gasteiger partial charge in [0.1, 0.15) is 0 Å². The summed E-state index contributed by atoms with van der Waals surface area (Å²) in [6, 6.07) is 10.8. The van der Waals surface area contributed by atoms with E-state index in [1.807, 2.05) is 45.9 Å². The number of fused-ring (bicyclic) bond motifs is 1. The van der Waals surface area contributed by atoms with Crippen molar-refractivity contribution in [2.45, 2.75) is 52.0 Å². The SMILES string of the molecule is CCN(c1ccc(C)c(C)c1)S(=O)(=O)c1ccc2c(c1)C[C@H](C)N2C(C)=O. The van der Waals surface area contributed by atoms with Crippen LogP contribution in [0.5, 0.6) is 0 Å². The Morgan fingerprint density at radius 3 is 2.44 bits per heavy atom. The first-order valence-electron chi connectivity index (χ1n) is 9.19. The zero-order chi connectivity index (χ0) is 19.9. The van der Waals surface area contributed by atoms with Crippen molar-refractivity contribution in [3.8, 4) is 0 Å². The van der Waals surface area contributed by atoms with Crippen molar-refractivity contribution in [3.63, 3.8) is 0 Å². The molecule has 0 aromatic heterocycles. The van der Waals surface area contributed by atoms with Gasteiger partial charge in [0, 0.05) is 25.2 Å². The number of rotatable bonds is 4. The highest BCUT2D eigenvalue weighted by molar-refractivity contribution is 7.92. The zero-order valence-electron chi connectivity index (χ0n) is 16.5. The summed E-state index contributed by atoms with van der Waals surface area (Å²) < 4.78 is 28.0. The highest BCUT2D eigenvalue weighted by Gasteiger charge is 2.31. The Balaban J connectivity index is 2.03. The molecule has 5 nitrogen and oxygen atoms in total. The average Bonchev–Trinajstić information content (AvgIpc) is 2.93. The van der Waals surface area contributed by atoms with Gasteiger partial charge in [-0.3, -0.25) is 9.10 Å². The molecule has 1 aliphatic rings. The summed E-state index contributed by atoms with van der Waals surface area (Å²) in [4.78, 5) is 13.9. The number of nitrogens with zero attached hydrogens (tertiary/aromatic N) is 2. The first kappa shape index (κ1) is 19.4. The van der Waals surface area contributed by atoms with Gasteiger partial charge in [0.05, 0.1) is 10.6 Å². The molecule has 0 unspecified atom stereocenters. The van der Waals surface area contributed by atoms with Gasteiger partial charge in [-0.25, -0.2) is 8.42 Å². The van der Waals surface area contributed by atoms with Gasteiger partial charge in [-0.15, -0.1) is 0 Å². The Hall–Kier alpha value is -2.34. The summed E-state index contributed by atoms with van der Waals surface area (Å²) in [7, 11) is -3.68. The molecule has 2 aromatic carbocycles. The molecule has 1 amide bonds. The largest absolute Gasteiger partial charge is 0.309 e. The zero-order valence-corrected chi connectivity index (χ0v) is 17.3. The maximum atomic E-state index is 13.3. The third-order valence-corrected chi connectivity index (χ3v) is 7.16. The molecule has 0 saturated heterocycles. The van der Waals surface area contributed by atoms with Crippen molar-refractivity contribution in [1.82, 2.24) is 0 Å². The number of sulfonamides is 1. The van der Waals surface area contributed by atoms with E-state index in [0.717, 1.165) is 22.4 Å². The molecule has 0 saturated carbocycles. The van der Waals surface area contributed by atoms with Crippen LogP contribution in [0.3, 0.4) is 0 Å². The lowest BCUT2D eigenvalue weighted by Gasteiger charge is -2.24. The van der Waals surface area contributed by atoms with Gasteiger partial charge >= 0.3 is 0 Å². The second-order valence-corrected chi connectivity index (χ2v) is 9.03. The first-order valence-corrected chi connectivity index (χ1v) is 10.6. The summed E-state index contributed by atoms with van der Waals surface area (Å²) in [6.07, 6.45) is 0.661. The normalized spacial score (nSPS) is 16.3. The van der Waals surface area contributed by atoms with Crippen LogP contribution in [0.4, 0.5) is 11.4 Å². The van der Waals surface area contributed by atoms with E-state index < -0.39 is 10.0 Å². The molecule has 0 radical (unpaired) electrons. The molecule has 2 aromatic rings. The van der Waals surface area contributed by atoms with Gasteiger partial charge < -0.3 is 4.90 Å². The van der Waals surface area contributed by atoms with Crippen molar-refractivity contribution >= 4 is 27.3 Å². The number of carbonyl (C=O) groups excluding carboxylic acids is 1. The predicted octanol–water partition coefficient (Wildman–Crippen LogP) is 3.82. The second kappa shape index (κ2) is 7.00. The van der Waals surface area contributed by atoms with Crippen molar-refractivity contribution in [1.29, 1.82) is 0 Å². The lowest BCUT2D eigenvalue weighted by Crippen LogP contribution is -2.33. The number of hydrogen-bond acceptors (Lipinski definition) is 3. The molecule has 6 heteroatoms. The van der Waals surface area contributed by atoms with Gasteiger partial charge in [-0.1, -0.05) is 6.07 Å². The Morgan fingerprint density at radius 2 is 1.85 bits per heavy atom. The smallest absolute Gasteiger partial charge is 0.264 e. The fourth-order valence-electron chi connectivity index (χ4n) is 3.75. The van der Waals surface area contributed by atoms with Gasteiger partial charge in [0.25, 0.3) is 10.0 Å². The van der Waals surface area contributed by atoms with Gasteiger partial charge in [0.2, 0.25) is 5.91 Å². The van der Waals surface area contributed by atoms with Crippen LogP contribution in [0.1, 0.15) is 37.5 Å². The van der Waals surface area contributed by atoms with E-state index in [-0.39, 0.29) is 16.8 Å². The third-order valence-electron chi connectivity index (χ3n) is 5.26. The fraction of sp³-hybridized carbons (Fsp3) is 0.381. The number of aryl methyl sites for hydroxylation is 2. The number of carbonyl (C=O) groups is 1. The van der Waals surface area contributed by atoms with E-state index in [1.165, 1.54) is 11.2 Å². The Kier molecular flexibility index (Phi) is 5.04. The Morgan fingerprint density at radius 1 is 1.15 bits per heavy atom. The van der Waals surface area contributed by atoms with Crippen molar-refractivity contribution in [2.24, 2.45) is 0 Å². The minimum Gasteiger partial charge on any atom is -0.309 e. The molecule has 0 spiro atoms. The predicted molar refractivity (Wildman–Crippen MR) is 109 cm³/mol. The molecule has 27 heavy (non-hydrogen) atoms. The van der Waals surface area contributed by atoms with Crippen LogP contribution in [0.15, 0.2) is 41.3 Å². The Labute approximate surface area is 161 Å². The Bertz CT molecular complexity index is 998. The maximum absolute atomic E-state index is 13.3. The van der Waals surface area contributed by atoms with Crippen molar-refractivity contribution < 1.29 is 13.2 Å². The van der Waals surface area contributed by atoms with Crippen molar-refractivity contribution in [2.75, 3.05) is 15.7 Å². The number of hydrogen-bond donors (Lipinski definition) is 0. The summed E-state index contributed by atoms with van der Waals surface area (Å²) >= 11 is 0. The van der Waals surface area contributed by atoms with E-state index >= 15 is 0 Å². The summed E-state index contributed by atoms with van der Waals surface area (Å²) in [6.45, 7) is 9.67. The number of anilines is 2. The first-order chi connectivity index (χ1) is 12.7. The standard InChI is InChI=1S/C21H26N2O3S/c1-6-22(19-8-7-14(2)15(3)11-19)27(25,26)20-9-10-21-18(13-20)12-16(4)23(21)17(5)24/h7-11,13,16H,6,12H2,1-5H3/t16-/m0/s1. The van der Waals surface area contributed by atoms with E-state index in [4.69, 9.17) is 0 Å². The van der Waals surface area contributed by atoms with E-state index in [9.17, 15) is 13.2 Å². The summed E-state index contributed by atoms with van der Waals surface area (Å²) in [5, 5.41) is 0. The van der Waals surface area contributed by atoms with Gasteiger partial charge in [-0.2, -0.15) is 0 Å². The van der Waals surface area contributed by atoms with Crippen LogP contribution in [0.25, 0.3) is 0 Å². The van der Waals surface area contributed by atoms with E-state index in [2.05, 4.69) is 0 Å². The monoisotopic (exact) mass is 386 g/mol. The minimum atomic E-state index is -3.68. The number of amides is 1. The minimum absolute atomic E-state index is 0.0258. The molecule has 3 rings (SSSR count). The van der Waals surface area contributed by atoms with Crippen LogP contribution in [0, 0.1) is 13.8 Å². The highest BCUT2D eigenvalue weighted by Crippen LogP contribution is 2.35. The molecular formula is C21H26N2O3S. The van der Waals surface area contributed by atoms with Crippen molar-refractivity contribution in [3.05, 3.63) is 53.1 Å². The maximum Gasteiger partial charge on any atom is 0.264 e. The second-order valence-electron chi connectivity index (χ2n) is 7.17. The quantitative estimate of drug-likeness (QED) is 0.803. The average molecular weight is 387 g/mol. The van der Waals surface area contributed by atoms with Crippen LogP contribution in [0.2, 0.25) is 0 Å². The molecule has 0 N–H and O–H groups in total. The molecular weight excluding hydrogens is 360 g/mol. The highest BCUT2D eigenvalue weighted by atomic mass is 32.2. The van der Waals surface area contributed by atoms with Crippen LogP contribution >= 0.6 is 0 Å². The lowest BCUT2D eigenvalue weighted by atomic mass is 10.1. The van der Waals surface area contributed by atoms with Gasteiger partial charge in [-0.05, 0) is 81.1 Å². The van der Waals surface area contributed by atoms with E-state index in [1.54, 1.807) is 23.1 Å². The summed E-state index contributed by atoms with van der Waals surface area (Å²) in [5.41, 5.74) is 4.56. The van der Waals surface area contributed by atoms with Crippen LogP contribution < -0.4 is 9.21 Å². The van der Waals surface area contributed by atoms with Crippen LogP contribution in [-0.2, 0) is 21.2 Å². The molecule has 0 fully saturated rings. The summed E-state index contributed by atoms with van der Waals surface area (Å²) in [5.74, 6) is -0.0258. The molecule has 0 bridgehead atoms. The molecule has 0 aliphatic carbocycles.